The first-order valence-corrected chi connectivity index (χ1v) is 9.46. The Kier molecular flexibility index (Phi) is 8.18. The third-order valence-electron chi connectivity index (χ3n) is 4.48. The highest BCUT2D eigenvalue weighted by molar-refractivity contribution is 5.72. The van der Waals surface area contributed by atoms with Gasteiger partial charge in [-0.25, -0.2) is 0 Å². The van der Waals surface area contributed by atoms with Crippen molar-refractivity contribution in [1.29, 1.82) is 0 Å². The number of aryl methyl sites for hydroxylation is 2. The molecule has 0 saturated carbocycles. The quantitative estimate of drug-likeness (QED) is 0.312. The number of hydrogen-bond donors (Lipinski definition) is 0. The van der Waals surface area contributed by atoms with E-state index in [0.717, 1.165) is 0 Å². The molecule has 0 saturated heterocycles. The first-order chi connectivity index (χ1) is 14.7. The number of nitro benzene ring substituents is 2. The zero-order chi connectivity index (χ0) is 23.0. The molecular weight excluding hydrogens is 408 g/mol. The molecule has 0 heterocycles. The largest absolute Gasteiger partial charge is 0.461 e. The van der Waals surface area contributed by atoms with E-state index in [2.05, 4.69) is 0 Å². The number of benzene rings is 2. The molecule has 0 radical (unpaired) electrons. The molecule has 31 heavy (non-hydrogen) atoms. The second-order valence-corrected chi connectivity index (χ2v) is 6.93. The summed E-state index contributed by atoms with van der Waals surface area (Å²) in [5, 5.41) is 21.6. The summed E-state index contributed by atoms with van der Waals surface area (Å²) < 4.78 is 10.2. The fourth-order valence-electron chi connectivity index (χ4n) is 2.87. The summed E-state index contributed by atoms with van der Waals surface area (Å²) in [4.78, 5) is 44.3. The van der Waals surface area contributed by atoms with Gasteiger partial charge in [0.2, 0.25) is 0 Å². The Morgan fingerprint density at radius 1 is 0.774 bits per heavy atom. The molecule has 0 N–H and O–H groups in total. The molecule has 0 amide bonds. The minimum atomic E-state index is -0.491. The van der Waals surface area contributed by atoms with Crippen molar-refractivity contribution in [2.24, 2.45) is 0 Å². The highest BCUT2D eigenvalue weighted by Gasteiger charge is 2.13. The number of esters is 2. The smallest absolute Gasteiger partial charge is 0.306 e. The van der Waals surface area contributed by atoms with Gasteiger partial charge in [-0.2, -0.15) is 0 Å². The Bertz CT molecular complexity index is 923. The minimum absolute atomic E-state index is 0.00234. The van der Waals surface area contributed by atoms with Crippen molar-refractivity contribution < 1.29 is 28.9 Å². The van der Waals surface area contributed by atoms with Gasteiger partial charge < -0.3 is 9.47 Å². The van der Waals surface area contributed by atoms with Crippen LogP contribution in [-0.2, 0) is 32.3 Å². The summed E-state index contributed by atoms with van der Waals surface area (Å²) in [6.45, 7) is 3.18. The zero-order valence-corrected chi connectivity index (χ0v) is 17.2. The molecule has 164 valence electrons. The fraction of sp³-hybridized carbons (Fsp3) is 0.333. The first-order valence-electron chi connectivity index (χ1n) is 9.46. The molecule has 2 aromatic rings. The van der Waals surface area contributed by atoms with Crippen molar-refractivity contribution in [1.82, 2.24) is 0 Å². The highest BCUT2D eigenvalue weighted by Crippen LogP contribution is 2.20. The molecule has 0 unspecified atom stereocenters. The van der Waals surface area contributed by atoms with E-state index in [1.165, 1.54) is 24.3 Å². The average Bonchev–Trinajstić information content (AvgIpc) is 2.70. The van der Waals surface area contributed by atoms with E-state index < -0.39 is 21.8 Å². The molecule has 0 atom stereocenters. The highest BCUT2D eigenvalue weighted by atomic mass is 16.6. The first kappa shape index (κ1) is 23.5. The maximum absolute atomic E-state index is 11.8. The molecule has 0 aromatic heterocycles. The van der Waals surface area contributed by atoms with Crippen LogP contribution in [0.5, 0.6) is 0 Å². The maximum atomic E-state index is 11.8. The number of carbonyl (C=O) groups is 2. The Hall–Kier alpha value is -3.82. The predicted octanol–water partition coefficient (Wildman–Crippen LogP) is 4.08. The standard InChI is InChI=1S/C21H22N2O8/c1-14-10-16(6-8-18(14)22(26)27)12-30-20(24)4-3-5-21(25)31-13-17-7-9-19(23(28)29)15(2)11-17/h6-11H,3-5,12-13H2,1-2H3. The lowest BCUT2D eigenvalue weighted by Gasteiger charge is -2.07. The SMILES string of the molecule is Cc1cc(COC(=O)CCCC(=O)OCc2ccc([N+](=O)[O-])c(C)c2)ccc1[N+](=O)[O-]. The van der Waals surface area contributed by atoms with Crippen LogP contribution in [0.25, 0.3) is 0 Å². The third-order valence-corrected chi connectivity index (χ3v) is 4.48. The number of carbonyl (C=O) groups excluding carboxylic acids is 2. The van der Waals surface area contributed by atoms with Crippen molar-refractivity contribution in [2.45, 2.75) is 46.3 Å². The number of ether oxygens (including phenoxy) is 2. The number of nitro groups is 2. The molecule has 0 fully saturated rings. The van der Waals surface area contributed by atoms with E-state index in [-0.39, 0.29) is 43.9 Å². The molecule has 0 bridgehead atoms. The normalized spacial score (nSPS) is 10.4. The van der Waals surface area contributed by atoms with Gasteiger partial charge in [0.15, 0.2) is 0 Å². The zero-order valence-electron chi connectivity index (χ0n) is 17.2. The summed E-state index contributed by atoms with van der Waals surface area (Å²) >= 11 is 0. The van der Waals surface area contributed by atoms with Crippen LogP contribution in [0.2, 0.25) is 0 Å². The van der Waals surface area contributed by atoms with Crippen LogP contribution in [0.15, 0.2) is 36.4 Å². The third kappa shape index (κ3) is 7.18. The lowest BCUT2D eigenvalue weighted by molar-refractivity contribution is -0.385. The van der Waals surface area contributed by atoms with E-state index in [0.29, 0.717) is 22.3 Å². The monoisotopic (exact) mass is 430 g/mol. The molecule has 0 aliphatic rings. The molecule has 2 rings (SSSR count). The van der Waals surface area contributed by atoms with Gasteiger partial charge in [-0.3, -0.25) is 29.8 Å². The Balaban J connectivity index is 1.69. The Morgan fingerprint density at radius 2 is 1.16 bits per heavy atom. The molecule has 0 aliphatic carbocycles. The maximum Gasteiger partial charge on any atom is 0.306 e. The van der Waals surface area contributed by atoms with Crippen LogP contribution in [0.1, 0.15) is 41.5 Å². The van der Waals surface area contributed by atoms with Gasteiger partial charge in [-0.15, -0.1) is 0 Å². The van der Waals surface area contributed by atoms with Crippen LogP contribution < -0.4 is 0 Å². The van der Waals surface area contributed by atoms with Crippen molar-refractivity contribution in [2.75, 3.05) is 0 Å². The molecule has 2 aromatic carbocycles. The molecule has 0 aliphatic heterocycles. The van der Waals surface area contributed by atoms with Crippen LogP contribution in [0, 0.1) is 34.1 Å². The molecule has 10 heteroatoms. The van der Waals surface area contributed by atoms with Gasteiger partial charge in [0.25, 0.3) is 11.4 Å². The van der Waals surface area contributed by atoms with Crippen LogP contribution in [0.3, 0.4) is 0 Å². The summed E-state index contributed by atoms with van der Waals surface area (Å²) in [7, 11) is 0. The van der Waals surface area contributed by atoms with E-state index in [1.807, 2.05) is 0 Å². The lowest BCUT2D eigenvalue weighted by Crippen LogP contribution is -2.08. The van der Waals surface area contributed by atoms with Gasteiger partial charge in [0.05, 0.1) is 9.85 Å². The van der Waals surface area contributed by atoms with Crippen LogP contribution in [-0.4, -0.2) is 21.8 Å². The Morgan fingerprint density at radius 3 is 1.48 bits per heavy atom. The summed E-state index contributed by atoms with van der Waals surface area (Å²) in [5.74, 6) is -0.982. The van der Waals surface area contributed by atoms with Crippen molar-refractivity contribution >= 4 is 23.3 Å². The van der Waals surface area contributed by atoms with Gasteiger partial charge in [0, 0.05) is 36.1 Å². The second kappa shape index (κ2) is 10.8. The molecular formula is C21H22N2O8. The van der Waals surface area contributed by atoms with Crippen molar-refractivity contribution in [3.8, 4) is 0 Å². The predicted molar refractivity (Wildman–Crippen MR) is 109 cm³/mol. The van der Waals surface area contributed by atoms with E-state index in [1.54, 1.807) is 26.0 Å². The summed E-state index contributed by atoms with van der Waals surface area (Å²) in [5.41, 5.74) is 2.22. The minimum Gasteiger partial charge on any atom is -0.461 e. The van der Waals surface area contributed by atoms with Crippen molar-refractivity contribution in [3.63, 3.8) is 0 Å². The van der Waals surface area contributed by atoms with Gasteiger partial charge >= 0.3 is 11.9 Å². The number of rotatable bonds is 10. The van der Waals surface area contributed by atoms with Gasteiger partial charge in [-0.05, 0) is 55.7 Å². The average molecular weight is 430 g/mol. The van der Waals surface area contributed by atoms with Crippen LogP contribution >= 0.6 is 0 Å². The number of nitrogens with zero attached hydrogens (tertiary/aromatic N) is 2. The van der Waals surface area contributed by atoms with E-state index >= 15 is 0 Å². The summed E-state index contributed by atoms with van der Waals surface area (Å²) in [6, 6.07) is 8.94. The van der Waals surface area contributed by atoms with Gasteiger partial charge in [0.1, 0.15) is 13.2 Å². The van der Waals surface area contributed by atoms with Gasteiger partial charge in [-0.1, -0.05) is 0 Å². The van der Waals surface area contributed by atoms with E-state index in [4.69, 9.17) is 9.47 Å². The van der Waals surface area contributed by atoms with Crippen LogP contribution in [0.4, 0.5) is 11.4 Å². The van der Waals surface area contributed by atoms with E-state index in [9.17, 15) is 29.8 Å². The van der Waals surface area contributed by atoms with Crippen molar-refractivity contribution in [3.05, 3.63) is 78.9 Å². The number of hydrogen-bond acceptors (Lipinski definition) is 8. The lowest BCUT2D eigenvalue weighted by atomic mass is 10.1. The molecule has 10 nitrogen and oxygen atoms in total. The summed E-state index contributed by atoms with van der Waals surface area (Å²) in [6.07, 6.45) is 0.297. The molecule has 0 spiro atoms. The topological polar surface area (TPSA) is 139 Å². The Labute approximate surface area is 178 Å². The fourth-order valence-corrected chi connectivity index (χ4v) is 2.87. The second-order valence-electron chi connectivity index (χ2n) is 6.93.